The molecule has 0 spiro atoms. The number of hydrogen-bond donors (Lipinski definition) is 1. The van der Waals surface area contributed by atoms with E-state index in [0.717, 1.165) is 56.9 Å². The van der Waals surface area contributed by atoms with Gasteiger partial charge >= 0.3 is 5.97 Å². The molecule has 3 aromatic rings. The Morgan fingerprint density at radius 2 is 1.67 bits per heavy atom. The summed E-state index contributed by atoms with van der Waals surface area (Å²) >= 11 is 6.69. The predicted octanol–water partition coefficient (Wildman–Crippen LogP) is 6.60. The van der Waals surface area contributed by atoms with Gasteiger partial charge in [-0.05, 0) is 49.6 Å². The fourth-order valence-corrected chi connectivity index (χ4v) is 6.02. The monoisotopic (exact) mass is 609 g/mol. The van der Waals surface area contributed by atoms with E-state index in [1.807, 2.05) is 19.1 Å². The van der Waals surface area contributed by atoms with E-state index >= 15 is 0 Å². The molecular weight excluding hydrogens is 574 g/mol. The van der Waals surface area contributed by atoms with Crippen molar-refractivity contribution in [3.05, 3.63) is 69.0 Å². The molecule has 0 bridgehead atoms. The number of unbranched alkanes of at least 4 members (excludes halogenated alkanes) is 7. The van der Waals surface area contributed by atoms with Gasteiger partial charge in [-0.1, -0.05) is 80.7 Å². The molecule has 3 heterocycles. The van der Waals surface area contributed by atoms with Gasteiger partial charge < -0.3 is 14.6 Å². The number of hydrogen-bond acceptors (Lipinski definition) is 8. The number of thioether (sulfide) groups is 1. The highest BCUT2D eigenvalue weighted by molar-refractivity contribution is 8.26. The number of aromatic nitrogens is 2. The molecule has 0 saturated carbocycles. The van der Waals surface area contributed by atoms with Crippen LogP contribution in [0.15, 0.2) is 52.3 Å². The summed E-state index contributed by atoms with van der Waals surface area (Å²) in [6, 6.07) is 10.7. The van der Waals surface area contributed by atoms with E-state index < -0.39 is 5.97 Å². The molecule has 11 heteroatoms. The van der Waals surface area contributed by atoms with Gasteiger partial charge in [0.05, 0.1) is 12.0 Å². The first-order valence-corrected chi connectivity index (χ1v) is 15.3. The molecule has 1 aliphatic heterocycles. The predicted molar refractivity (Wildman–Crippen MR) is 168 cm³/mol. The van der Waals surface area contributed by atoms with Crippen LogP contribution < -0.4 is 15.0 Å². The number of ether oxygens (including phenoxy) is 2. The lowest BCUT2D eigenvalue weighted by Crippen LogP contribution is -2.29. The Labute approximate surface area is 254 Å². The molecule has 1 aromatic carbocycles. The van der Waals surface area contributed by atoms with E-state index in [1.165, 1.54) is 29.3 Å². The molecule has 0 aliphatic carbocycles. The van der Waals surface area contributed by atoms with Crippen LogP contribution in [0.2, 0.25) is 0 Å². The summed E-state index contributed by atoms with van der Waals surface area (Å²) in [6.07, 6.45) is 11.1. The van der Waals surface area contributed by atoms with E-state index in [2.05, 4.69) is 4.98 Å². The average molecular weight is 610 g/mol. The van der Waals surface area contributed by atoms with Crippen molar-refractivity contribution in [2.24, 2.45) is 0 Å². The fraction of sp³-hybridized carbons (Fsp3) is 0.387. The highest BCUT2D eigenvalue weighted by Crippen LogP contribution is 2.36. The van der Waals surface area contributed by atoms with E-state index in [-0.39, 0.29) is 29.3 Å². The molecule has 0 atom stereocenters. The minimum absolute atomic E-state index is 0.0760. The average Bonchev–Trinajstić information content (AvgIpc) is 3.24. The van der Waals surface area contributed by atoms with Gasteiger partial charge in [-0.15, -0.1) is 0 Å². The maximum atomic E-state index is 13.7. The number of thiocarbonyl (C=S) groups is 1. The molecule has 1 fully saturated rings. The summed E-state index contributed by atoms with van der Waals surface area (Å²) in [5.41, 5.74) is 1.04. The summed E-state index contributed by atoms with van der Waals surface area (Å²) < 4.78 is 13.5. The van der Waals surface area contributed by atoms with Crippen molar-refractivity contribution < 1.29 is 24.2 Å². The van der Waals surface area contributed by atoms with Crippen LogP contribution >= 0.6 is 24.0 Å². The van der Waals surface area contributed by atoms with Crippen molar-refractivity contribution in [3.63, 3.8) is 0 Å². The molecule has 1 aliphatic rings. The quantitative estimate of drug-likeness (QED) is 0.116. The minimum Gasteiger partial charge on any atom is -0.493 e. The Kier molecular flexibility index (Phi) is 11.1. The maximum Gasteiger partial charge on any atom is 0.303 e. The number of fused-ring (bicyclic) bond motifs is 1. The van der Waals surface area contributed by atoms with Crippen molar-refractivity contribution in [2.75, 3.05) is 13.7 Å². The Bertz CT molecular complexity index is 1550. The molecule has 0 radical (unpaired) electrons. The molecule has 1 amide bonds. The summed E-state index contributed by atoms with van der Waals surface area (Å²) in [7, 11) is 1.53. The van der Waals surface area contributed by atoms with E-state index in [0.29, 0.717) is 32.9 Å². The first-order chi connectivity index (χ1) is 20.3. The lowest BCUT2D eigenvalue weighted by atomic mass is 10.1. The number of para-hydroxylation sites is 2. The van der Waals surface area contributed by atoms with Gasteiger partial charge in [0.1, 0.15) is 15.5 Å². The number of methoxy groups -OCH3 is 1. The molecule has 42 heavy (non-hydrogen) atoms. The SMILES string of the molecule is COc1ccccc1Oc1nc2c(C)cccn2c(=O)c1/C=C1/SC(=S)N(CCCCCCCCCCC(=O)O)C1=O. The number of benzene rings is 1. The number of amides is 1. The second kappa shape index (κ2) is 15.0. The highest BCUT2D eigenvalue weighted by atomic mass is 32.2. The van der Waals surface area contributed by atoms with Gasteiger partial charge in [0.25, 0.3) is 11.5 Å². The standard InChI is InChI=1S/C31H35N3O6S2/c1-21-14-13-19-33-27(21)32-28(40-24-16-11-10-15-23(24)39-2)22(29(33)37)20-25-30(38)34(31(41)42-25)18-12-8-6-4-3-5-7-9-17-26(35)36/h10-11,13-16,19-20H,3-9,12,17-18H2,1-2H3,(H,35,36)/b25-20+. The Hall–Kier alpha value is -3.70. The van der Waals surface area contributed by atoms with Crippen LogP contribution in [0, 0.1) is 6.92 Å². The second-order valence-electron chi connectivity index (χ2n) is 10.1. The first-order valence-electron chi connectivity index (χ1n) is 14.1. The summed E-state index contributed by atoms with van der Waals surface area (Å²) in [4.78, 5) is 44.2. The smallest absolute Gasteiger partial charge is 0.303 e. The zero-order chi connectivity index (χ0) is 30.1. The molecule has 2 aromatic heterocycles. The van der Waals surface area contributed by atoms with Gasteiger partial charge in [0.15, 0.2) is 11.5 Å². The van der Waals surface area contributed by atoms with Crippen LogP contribution in [0.4, 0.5) is 0 Å². The summed E-state index contributed by atoms with van der Waals surface area (Å²) in [5, 5.41) is 8.70. The molecule has 1 saturated heterocycles. The molecule has 9 nitrogen and oxygen atoms in total. The van der Waals surface area contributed by atoms with Crippen LogP contribution in [-0.2, 0) is 9.59 Å². The van der Waals surface area contributed by atoms with Crippen molar-refractivity contribution in [3.8, 4) is 17.4 Å². The van der Waals surface area contributed by atoms with Crippen molar-refractivity contribution in [1.82, 2.24) is 14.3 Å². The third kappa shape index (κ3) is 7.77. The van der Waals surface area contributed by atoms with Crippen LogP contribution in [0.25, 0.3) is 11.7 Å². The number of rotatable bonds is 15. The van der Waals surface area contributed by atoms with Crippen LogP contribution in [-0.4, -0.2) is 49.2 Å². The second-order valence-corrected chi connectivity index (χ2v) is 11.8. The third-order valence-electron chi connectivity index (χ3n) is 7.00. The number of carboxylic acids is 1. The first kappa shape index (κ1) is 31.2. The molecule has 222 valence electrons. The summed E-state index contributed by atoms with van der Waals surface area (Å²) in [6.45, 7) is 2.38. The number of carbonyl (C=O) groups excluding carboxylic acids is 1. The lowest BCUT2D eigenvalue weighted by Gasteiger charge is -2.14. The minimum atomic E-state index is -0.737. The van der Waals surface area contributed by atoms with Gasteiger partial charge in [-0.3, -0.25) is 23.7 Å². The van der Waals surface area contributed by atoms with Crippen molar-refractivity contribution in [1.29, 1.82) is 0 Å². The number of aliphatic carboxylic acids is 1. The van der Waals surface area contributed by atoms with Crippen molar-refractivity contribution >= 4 is 51.9 Å². The zero-order valence-electron chi connectivity index (χ0n) is 23.8. The molecule has 1 N–H and O–H groups in total. The number of carboxylic acid groups (broad SMARTS) is 1. The maximum absolute atomic E-state index is 13.7. The number of nitrogens with zero attached hydrogens (tertiary/aromatic N) is 3. The highest BCUT2D eigenvalue weighted by Gasteiger charge is 2.32. The molecule has 0 unspecified atom stereocenters. The Morgan fingerprint density at radius 1 is 1.00 bits per heavy atom. The third-order valence-corrected chi connectivity index (χ3v) is 8.37. The van der Waals surface area contributed by atoms with Gasteiger partial charge in [0, 0.05) is 19.2 Å². The number of pyridine rings is 1. The van der Waals surface area contributed by atoms with Gasteiger partial charge in [-0.25, -0.2) is 0 Å². The molecular formula is C31H35N3O6S2. The van der Waals surface area contributed by atoms with E-state index in [9.17, 15) is 14.4 Å². The summed E-state index contributed by atoms with van der Waals surface area (Å²) in [5.74, 6) is -0.0157. The van der Waals surface area contributed by atoms with E-state index in [1.54, 1.807) is 35.4 Å². The fourth-order valence-electron chi connectivity index (χ4n) is 4.73. The van der Waals surface area contributed by atoms with Crippen LogP contribution in [0.1, 0.15) is 68.9 Å². The van der Waals surface area contributed by atoms with Gasteiger partial charge in [-0.2, -0.15) is 4.98 Å². The zero-order valence-corrected chi connectivity index (χ0v) is 25.5. The Balaban J connectivity index is 1.46. The molecule has 4 rings (SSSR count). The Morgan fingerprint density at radius 3 is 2.36 bits per heavy atom. The van der Waals surface area contributed by atoms with E-state index in [4.69, 9.17) is 26.8 Å². The van der Waals surface area contributed by atoms with Crippen LogP contribution in [0.5, 0.6) is 17.4 Å². The lowest BCUT2D eigenvalue weighted by molar-refractivity contribution is -0.137. The van der Waals surface area contributed by atoms with Gasteiger partial charge in [0.2, 0.25) is 5.88 Å². The van der Waals surface area contributed by atoms with Crippen molar-refractivity contribution in [2.45, 2.75) is 64.7 Å². The normalized spacial score (nSPS) is 14.2. The van der Waals surface area contributed by atoms with Crippen LogP contribution in [0.3, 0.4) is 0 Å². The largest absolute Gasteiger partial charge is 0.493 e. The number of carbonyl (C=O) groups is 2. The topological polar surface area (TPSA) is 110 Å². The number of aryl methyl sites for hydroxylation is 1.